The Kier molecular flexibility index (Phi) is 9.00. The van der Waals surface area contributed by atoms with Crippen molar-refractivity contribution in [3.8, 4) is 0 Å². The molecular formula is C14H28IN3O3S. The van der Waals surface area contributed by atoms with E-state index in [-0.39, 0.29) is 41.5 Å². The number of nitrogens with one attached hydrogen (secondary N) is 2. The molecule has 1 unspecified atom stereocenters. The summed E-state index contributed by atoms with van der Waals surface area (Å²) in [6.07, 6.45) is 4.19. The Bertz CT molecular complexity index is 452. The first-order valence-electron chi connectivity index (χ1n) is 7.92. The minimum Gasteiger partial charge on any atom is -0.381 e. The monoisotopic (exact) mass is 445 g/mol. The van der Waals surface area contributed by atoms with Crippen molar-refractivity contribution in [1.82, 2.24) is 10.6 Å². The average molecular weight is 445 g/mol. The predicted molar refractivity (Wildman–Crippen MR) is 99.7 cm³/mol. The number of sulfone groups is 1. The Hall–Kier alpha value is -0.0900. The molecule has 130 valence electrons. The molecule has 0 bridgehead atoms. The molecular weight excluding hydrogens is 417 g/mol. The van der Waals surface area contributed by atoms with Crippen LogP contribution in [-0.4, -0.2) is 58.2 Å². The second-order valence-corrected chi connectivity index (χ2v) is 8.11. The third kappa shape index (κ3) is 7.96. The van der Waals surface area contributed by atoms with Crippen LogP contribution in [0.4, 0.5) is 0 Å². The van der Waals surface area contributed by atoms with E-state index in [0.717, 1.165) is 32.1 Å². The molecule has 2 aliphatic rings. The number of hydrogen-bond donors (Lipinski definition) is 2. The molecule has 0 aromatic heterocycles. The van der Waals surface area contributed by atoms with Gasteiger partial charge in [0, 0.05) is 32.3 Å². The number of nitrogens with zero attached hydrogens (tertiary/aromatic N) is 1. The molecule has 22 heavy (non-hydrogen) atoms. The topological polar surface area (TPSA) is 79.8 Å². The van der Waals surface area contributed by atoms with E-state index in [4.69, 9.17) is 4.74 Å². The first-order valence-corrected chi connectivity index (χ1v) is 9.74. The maximum atomic E-state index is 11.5. The summed E-state index contributed by atoms with van der Waals surface area (Å²) in [7, 11) is -2.86. The first-order chi connectivity index (χ1) is 10.1. The van der Waals surface area contributed by atoms with Gasteiger partial charge in [-0.15, -0.1) is 24.0 Å². The van der Waals surface area contributed by atoms with Crippen molar-refractivity contribution >= 4 is 39.8 Å². The summed E-state index contributed by atoms with van der Waals surface area (Å²) < 4.78 is 28.5. The lowest BCUT2D eigenvalue weighted by molar-refractivity contribution is 0.123. The fourth-order valence-electron chi connectivity index (χ4n) is 2.31. The normalized spacial score (nSPS) is 23.9. The molecule has 2 rings (SSSR count). The van der Waals surface area contributed by atoms with Crippen LogP contribution in [0.3, 0.4) is 0 Å². The van der Waals surface area contributed by atoms with Crippen LogP contribution in [0, 0.1) is 5.92 Å². The molecule has 2 fully saturated rings. The van der Waals surface area contributed by atoms with Gasteiger partial charge in [0.2, 0.25) is 0 Å². The Morgan fingerprint density at radius 3 is 2.68 bits per heavy atom. The van der Waals surface area contributed by atoms with E-state index in [1.54, 1.807) is 0 Å². The molecule has 0 aromatic rings. The lowest BCUT2D eigenvalue weighted by Gasteiger charge is -2.15. The van der Waals surface area contributed by atoms with Crippen molar-refractivity contribution in [3.05, 3.63) is 0 Å². The lowest BCUT2D eigenvalue weighted by Crippen LogP contribution is -2.44. The van der Waals surface area contributed by atoms with E-state index in [2.05, 4.69) is 15.6 Å². The largest absolute Gasteiger partial charge is 0.381 e. The minimum absolute atomic E-state index is 0. The van der Waals surface area contributed by atoms with Gasteiger partial charge in [0.25, 0.3) is 0 Å². The standard InChI is InChI=1S/C14H27N3O3S.HI/c1-2-15-14(17-13-6-9-21(18,19)11-13)16-7-3-8-20-10-12-4-5-12;/h12-13H,2-11H2,1H3,(H2,15,16,17);1H. The Morgan fingerprint density at radius 1 is 1.32 bits per heavy atom. The van der Waals surface area contributed by atoms with Crippen LogP contribution in [-0.2, 0) is 14.6 Å². The van der Waals surface area contributed by atoms with Crippen LogP contribution < -0.4 is 10.6 Å². The maximum absolute atomic E-state index is 11.5. The summed E-state index contributed by atoms with van der Waals surface area (Å²) in [4.78, 5) is 4.48. The zero-order valence-corrected chi connectivity index (χ0v) is 16.4. The van der Waals surface area contributed by atoms with Crippen LogP contribution in [0.5, 0.6) is 0 Å². The van der Waals surface area contributed by atoms with Crippen LogP contribution in [0.2, 0.25) is 0 Å². The lowest BCUT2D eigenvalue weighted by atomic mass is 10.3. The van der Waals surface area contributed by atoms with E-state index < -0.39 is 9.84 Å². The van der Waals surface area contributed by atoms with Gasteiger partial charge in [-0.05, 0) is 38.5 Å². The third-order valence-corrected chi connectivity index (χ3v) is 5.45. The molecule has 1 atom stereocenters. The second-order valence-electron chi connectivity index (χ2n) is 5.88. The second kappa shape index (κ2) is 9.92. The van der Waals surface area contributed by atoms with Crippen molar-refractivity contribution in [3.63, 3.8) is 0 Å². The van der Waals surface area contributed by atoms with Gasteiger partial charge in [-0.25, -0.2) is 8.42 Å². The number of ether oxygens (including phenoxy) is 1. The summed E-state index contributed by atoms with van der Waals surface area (Å²) >= 11 is 0. The van der Waals surface area contributed by atoms with Crippen molar-refractivity contribution in [2.45, 2.75) is 38.6 Å². The Labute approximate surface area is 150 Å². The highest BCUT2D eigenvalue weighted by Gasteiger charge is 2.28. The SMILES string of the molecule is CCNC(=NCCCOCC1CC1)NC1CCS(=O)(=O)C1.I. The molecule has 1 saturated carbocycles. The molecule has 8 heteroatoms. The Morgan fingerprint density at radius 2 is 2.09 bits per heavy atom. The fraction of sp³-hybridized carbons (Fsp3) is 0.929. The van der Waals surface area contributed by atoms with Gasteiger partial charge in [0.15, 0.2) is 15.8 Å². The summed E-state index contributed by atoms with van der Waals surface area (Å²) in [5.74, 6) is 2.00. The zero-order valence-electron chi connectivity index (χ0n) is 13.2. The molecule has 1 aliphatic carbocycles. The first kappa shape index (κ1) is 20.0. The Balaban J connectivity index is 0.00000242. The van der Waals surface area contributed by atoms with E-state index in [1.807, 2.05) is 6.92 Å². The molecule has 1 aliphatic heterocycles. The van der Waals surface area contributed by atoms with Gasteiger partial charge in [0.05, 0.1) is 11.5 Å². The minimum atomic E-state index is -2.86. The van der Waals surface area contributed by atoms with Crippen molar-refractivity contribution in [2.24, 2.45) is 10.9 Å². The average Bonchev–Trinajstić information content (AvgIpc) is 3.18. The molecule has 0 aromatic carbocycles. The molecule has 0 spiro atoms. The summed E-state index contributed by atoms with van der Waals surface area (Å²) in [5, 5.41) is 6.37. The van der Waals surface area contributed by atoms with Crippen LogP contribution in [0.25, 0.3) is 0 Å². The predicted octanol–water partition coefficient (Wildman–Crippen LogP) is 1.16. The van der Waals surface area contributed by atoms with E-state index in [0.29, 0.717) is 18.9 Å². The summed E-state index contributed by atoms with van der Waals surface area (Å²) in [6.45, 7) is 5.10. The highest BCUT2D eigenvalue weighted by molar-refractivity contribution is 14.0. The van der Waals surface area contributed by atoms with Gasteiger partial charge in [-0.3, -0.25) is 4.99 Å². The van der Waals surface area contributed by atoms with E-state index in [1.165, 1.54) is 12.8 Å². The van der Waals surface area contributed by atoms with Crippen LogP contribution in [0.1, 0.15) is 32.6 Å². The molecule has 0 amide bonds. The smallest absolute Gasteiger partial charge is 0.191 e. The highest BCUT2D eigenvalue weighted by Crippen LogP contribution is 2.28. The fourth-order valence-corrected chi connectivity index (χ4v) is 3.99. The zero-order chi connectivity index (χ0) is 15.1. The molecule has 1 saturated heterocycles. The van der Waals surface area contributed by atoms with Crippen molar-refractivity contribution < 1.29 is 13.2 Å². The maximum Gasteiger partial charge on any atom is 0.191 e. The van der Waals surface area contributed by atoms with Gasteiger partial charge < -0.3 is 15.4 Å². The molecule has 1 heterocycles. The summed E-state index contributed by atoms with van der Waals surface area (Å²) in [5.41, 5.74) is 0. The van der Waals surface area contributed by atoms with Gasteiger partial charge >= 0.3 is 0 Å². The van der Waals surface area contributed by atoms with Gasteiger partial charge in [-0.1, -0.05) is 0 Å². The number of rotatable bonds is 8. The van der Waals surface area contributed by atoms with E-state index in [9.17, 15) is 8.42 Å². The van der Waals surface area contributed by atoms with Crippen molar-refractivity contribution in [2.75, 3.05) is 37.8 Å². The van der Waals surface area contributed by atoms with Crippen LogP contribution >= 0.6 is 24.0 Å². The number of halogens is 1. The van der Waals surface area contributed by atoms with Gasteiger partial charge in [0.1, 0.15) is 0 Å². The van der Waals surface area contributed by atoms with Gasteiger partial charge in [-0.2, -0.15) is 0 Å². The molecule has 0 radical (unpaired) electrons. The number of hydrogen-bond acceptors (Lipinski definition) is 4. The number of guanidine groups is 1. The van der Waals surface area contributed by atoms with Crippen LogP contribution in [0.15, 0.2) is 4.99 Å². The van der Waals surface area contributed by atoms with Crippen molar-refractivity contribution in [1.29, 1.82) is 0 Å². The summed E-state index contributed by atoms with van der Waals surface area (Å²) in [6, 6.07) is -0.0149. The molecule has 2 N–H and O–H groups in total. The molecule has 6 nitrogen and oxygen atoms in total. The highest BCUT2D eigenvalue weighted by atomic mass is 127. The quantitative estimate of drug-likeness (QED) is 0.254. The third-order valence-electron chi connectivity index (χ3n) is 3.68. The number of aliphatic imine (C=N–C) groups is 1. The van der Waals surface area contributed by atoms with E-state index >= 15 is 0 Å².